The van der Waals surface area contributed by atoms with Crippen LogP contribution in [0.15, 0.2) is 17.5 Å². The van der Waals surface area contributed by atoms with E-state index in [0.29, 0.717) is 5.41 Å². The third kappa shape index (κ3) is 1.70. The molecule has 0 spiro atoms. The Hall–Kier alpha value is -0.340. The van der Waals surface area contributed by atoms with E-state index in [-0.39, 0.29) is 0 Å². The number of thiophene rings is 1. The van der Waals surface area contributed by atoms with Crippen molar-refractivity contribution in [2.45, 2.75) is 19.8 Å². The summed E-state index contributed by atoms with van der Waals surface area (Å²) in [5.74, 6) is 0. The maximum atomic E-state index is 3.34. The number of hydrogen-bond acceptors (Lipinski definition) is 2. The predicted molar refractivity (Wildman–Crippen MR) is 53.6 cm³/mol. The average Bonchev–Trinajstić information content (AvgIpc) is 2.49. The third-order valence-corrected chi connectivity index (χ3v) is 3.59. The molecule has 1 aromatic heterocycles. The van der Waals surface area contributed by atoms with E-state index >= 15 is 0 Å². The molecule has 2 heteroatoms. The molecule has 0 saturated carbocycles. The average molecular weight is 181 g/mol. The van der Waals surface area contributed by atoms with E-state index in [4.69, 9.17) is 0 Å². The summed E-state index contributed by atoms with van der Waals surface area (Å²) in [4.78, 5) is 1.53. The van der Waals surface area contributed by atoms with Crippen LogP contribution in [0.3, 0.4) is 0 Å². The Balaban J connectivity index is 1.82. The minimum atomic E-state index is 0.587. The molecule has 0 unspecified atom stereocenters. The third-order valence-electron chi connectivity index (χ3n) is 2.66. The van der Waals surface area contributed by atoms with E-state index in [1.807, 2.05) is 11.3 Å². The second-order valence-corrected chi connectivity index (χ2v) is 5.03. The van der Waals surface area contributed by atoms with Gasteiger partial charge in [-0.3, -0.25) is 0 Å². The van der Waals surface area contributed by atoms with E-state index in [1.54, 1.807) is 0 Å². The monoisotopic (exact) mass is 181 g/mol. The van der Waals surface area contributed by atoms with Crippen molar-refractivity contribution in [1.82, 2.24) is 5.32 Å². The van der Waals surface area contributed by atoms with E-state index in [1.165, 1.54) is 30.8 Å². The first-order chi connectivity index (χ1) is 5.79. The molecule has 0 radical (unpaired) electrons. The van der Waals surface area contributed by atoms with Gasteiger partial charge >= 0.3 is 0 Å². The summed E-state index contributed by atoms with van der Waals surface area (Å²) in [6.07, 6.45) is 2.59. The molecule has 0 aromatic carbocycles. The van der Waals surface area contributed by atoms with Crippen LogP contribution in [0.5, 0.6) is 0 Å². The van der Waals surface area contributed by atoms with Crippen LogP contribution < -0.4 is 5.32 Å². The van der Waals surface area contributed by atoms with Gasteiger partial charge in [-0.2, -0.15) is 0 Å². The molecular formula is C10H15NS. The molecule has 12 heavy (non-hydrogen) atoms. The highest BCUT2D eigenvalue weighted by molar-refractivity contribution is 7.09. The van der Waals surface area contributed by atoms with Gasteiger partial charge in [0.05, 0.1) is 0 Å². The van der Waals surface area contributed by atoms with Gasteiger partial charge in [0, 0.05) is 18.0 Å². The summed E-state index contributed by atoms with van der Waals surface area (Å²) >= 11 is 1.88. The molecule has 1 aliphatic rings. The topological polar surface area (TPSA) is 12.0 Å². The lowest BCUT2D eigenvalue weighted by atomic mass is 9.80. The van der Waals surface area contributed by atoms with Crippen molar-refractivity contribution in [2.75, 3.05) is 13.1 Å². The van der Waals surface area contributed by atoms with Crippen molar-refractivity contribution in [3.05, 3.63) is 22.4 Å². The van der Waals surface area contributed by atoms with Gasteiger partial charge in [-0.05, 0) is 29.7 Å². The number of hydrogen-bond donors (Lipinski definition) is 1. The summed E-state index contributed by atoms with van der Waals surface area (Å²) in [6.45, 7) is 4.79. The molecule has 0 aliphatic carbocycles. The maximum Gasteiger partial charge on any atom is 0.00454 e. The highest BCUT2D eigenvalue weighted by Gasteiger charge is 2.30. The van der Waals surface area contributed by atoms with Gasteiger partial charge in [0.2, 0.25) is 0 Å². The molecule has 0 bridgehead atoms. The van der Waals surface area contributed by atoms with Gasteiger partial charge in [0.25, 0.3) is 0 Å². The molecule has 1 nitrogen and oxygen atoms in total. The zero-order chi connectivity index (χ0) is 8.44. The van der Waals surface area contributed by atoms with Gasteiger partial charge < -0.3 is 5.32 Å². The van der Waals surface area contributed by atoms with Gasteiger partial charge in [0.1, 0.15) is 0 Å². The van der Waals surface area contributed by atoms with Gasteiger partial charge in [-0.1, -0.05) is 13.0 Å². The summed E-state index contributed by atoms with van der Waals surface area (Å²) in [6, 6.07) is 4.38. The van der Waals surface area contributed by atoms with Crippen LogP contribution in [0.25, 0.3) is 0 Å². The van der Waals surface area contributed by atoms with Crippen molar-refractivity contribution in [3.8, 4) is 0 Å². The lowest BCUT2D eigenvalue weighted by molar-refractivity contribution is 0.181. The van der Waals surface area contributed by atoms with Gasteiger partial charge in [0.15, 0.2) is 0 Å². The zero-order valence-electron chi connectivity index (χ0n) is 7.47. The molecule has 0 atom stereocenters. The number of nitrogens with one attached hydrogen (secondary N) is 1. The van der Waals surface area contributed by atoms with Crippen molar-refractivity contribution in [2.24, 2.45) is 5.41 Å². The Morgan fingerprint density at radius 2 is 2.42 bits per heavy atom. The lowest BCUT2D eigenvalue weighted by Gasteiger charge is -2.39. The van der Waals surface area contributed by atoms with Crippen molar-refractivity contribution >= 4 is 11.3 Å². The molecule has 1 aliphatic heterocycles. The Labute approximate surface area is 77.8 Å². The molecule has 1 saturated heterocycles. The van der Waals surface area contributed by atoms with Gasteiger partial charge in [-0.15, -0.1) is 11.3 Å². The molecule has 1 fully saturated rings. The minimum absolute atomic E-state index is 0.587. The highest BCUT2D eigenvalue weighted by Crippen LogP contribution is 2.28. The summed E-state index contributed by atoms with van der Waals surface area (Å²) in [5.41, 5.74) is 0.587. The predicted octanol–water partition coefficient (Wildman–Crippen LogP) is 2.29. The number of rotatable bonds is 3. The second-order valence-electron chi connectivity index (χ2n) is 3.99. The van der Waals surface area contributed by atoms with Crippen molar-refractivity contribution in [1.29, 1.82) is 0 Å². The first-order valence-corrected chi connectivity index (χ1v) is 5.40. The fourth-order valence-electron chi connectivity index (χ4n) is 1.61. The maximum absolute atomic E-state index is 3.34. The van der Waals surface area contributed by atoms with Crippen LogP contribution in [-0.4, -0.2) is 13.1 Å². The summed E-state index contributed by atoms with van der Waals surface area (Å²) in [5, 5.41) is 5.50. The Bertz CT molecular complexity index is 236. The molecule has 2 heterocycles. The van der Waals surface area contributed by atoms with Crippen LogP contribution in [0.4, 0.5) is 0 Å². The first-order valence-electron chi connectivity index (χ1n) is 4.52. The largest absolute Gasteiger partial charge is 0.316 e. The summed E-state index contributed by atoms with van der Waals surface area (Å²) < 4.78 is 0. The normalized spacial score (nSPS) is 20.4. The summed E-state index contributed by atoms with van der Waals surface area (Å²) in [7, 11) is 0. The Kier molecular flexibility index (Phi) is 2.20. The van der Waals surface area contributed by atoms with E-state index in [2.05, 4.69) is 29.8 Å². The fourth-order valence-corrected chi connectivity index (χ4v) is 2.32. The van der Waals surface area contributed by atoms with Crippen molar-refractivity contribution in [3.63, 3.8) is 0 Å². The quantitative estimate of drug-likeness (QED) is 0.754. The molecule has 0 amide bonds. The van der Waals surface area contributed by atoms with E-state index in [9.17, 15) is 0 Å². The fraction of sp³-hybridized carbons (Fsp3) is 0.600. The van der Waals surface area contributed by atoms with Crippen LogP contribution >= 0.6 is 11.3 Å². The SMILES string of the molecule is CC1(CCc2cccs2)CNC1. The van der Waals surface area contributed by atoms with Crippen LogP contribution in [0.1, 0.15) is 18.2 Å². The minimum Gasteiger partial charge on any atom is -0.316 e. The molecule has 66 valence electrons. The second kappa shape index (κ2) is 3.19. The Morgan fingerprint density at radius 3 is 2.92 bits per heavy atom. The molecule has 1 N–H and O–H groups in total. The first kappa shape index (κ1) is 8.27. The van der Waals surface area contributed by atoms with Crippen LogP contribution in [0.2, 0.25) is 0 Å². The Morgan fingerprint density at radius 1 is 1.58 bits per heavy atom. The number of aryl methyl sites for hydroxylation is 1. The van der Waals surface area contributed by atoms with Gasteiger partial charge in [-0.25, -0.2) is 0 Å². The lowest BCUT2D eigenvalue weighted by Crippen LogP contribution is -2.51. The van der Waals surface area contributed by atoms with E-state index < -0.39 is 0 Å². The smallest absolute Gasteiger partial charge is 0.00454 e. The highest BCUT2D eigenvalue weighted by atomic mass is 32.1. The van der Waals surface area contributed by atoms with E-state index in [0.717, 1.165) is 0 Å². The molecular weight excluding hydrogens is 166 g/mol. The standard InChI is InChI=1S/C10H15NS/c1-10(7-11-8-10)5-4-9-3-2-6-12-9/h2-3,6,11H,4-5,7-8H2,1H3. The van der Waals surface area contributed by atoms with Crippen molar-refractivity contribution < 1.29 is 0 Å². The van der Waals surface area contributed by atoms with Crippen LogP contribution in [0, 0.1) is 5.41 Å². The molecule has 1 aromatic rings. The van der Waals surface area contributed by atoms with Crippen LogP contribution in [-0.2, 0) is 6.42 Å². The molecule has 2 rings (SSSR count). The zero-order valence-corrected chi connectivity index (χ0v) is 8.29.